The van der Waals surface area contributed by atoms with E-state index in [1.165, 1.54) is 16.8 Å². The Kier molecular flexibility index (Phi) is 5.74. The van der Waals surface area contributed by atoms with E-state index in [1.807, 2.05) is 41.3 Å². The van der Waals surface area contributed by atoms with Crippen molar-refractivity contribution < 1.29 is 4.79 Å². The molecule has 4 aromatic carbocycles. The van der Waals surface area contributed by atoms with Gasteiger partial charge in [0.15, 0.2) is 0 Å². The number of halogens is 1. The van der Waals surface area contributed by atoms with Gasteiger partial charge < -0.3 is 9.80 Å². The third kappa shape index (κ3) is 4.08. The minimum absolute atomic E-state index is 0.0481. The maximum absolute atomic E-state index is 13.5. The van der Waals surface area contributed by atoms with Crippen molar-refractivity contribution in [3.05, 3.63) is 113 Å². The highest BCUT2D eigenvalue weighted by Crippen LogP contribution is 2.48. The topological polar surface area (TPSA) is 23.6 Å². The smallest absolute Gasteiger partial charge is 0.254 e. The van der Waals surface area contributed by atoms with Crippen molar-refractivity contribution in [2.75, 3.05) is 31.1 Å². The molecule has 0 atom stereocenters. The van der Waals surface area contributed by atoms with Gasteiger partial charge in [0.1, 0.15) is 0 Å². The highest BCUT2D eigenvalue weighted by atomic mass is 35.5. The first-order valence-corrected chi connectivity index (χ1v) is 12.9. The van der Waals surface area contributed by atoms with Crippen LogP contribution in [0, 0.1) is 0 Å². The van der Waals surface area contributed by atoms with Gasteiger partial charge in [-0.1, -0.05) is 78.3 Å². The quantitative estimate of drug-likeness (QED) is 0.323. The van der Waals surface area contributed by atoms with E-state index in [1.54, 1.807) is 0 Å². The molecule has 0 unspecified atom stereocenters. The molecule has 0 radical (unpaired) electrons. The van der Waals surface area contributed by atoms with Crippen molar-refractivity contribution >= 4 is 34.0 Å². The highest BCUT2D eigenvalue weighted by molar-refractivity contribution is 6.30. The Morgan fingerprint density at radius 3 is 2.43 bits per heavy atom. The van der Waals surface area contributed by atoms with E-state index in [2.05, 4.69) is 59.5 Å². The van der Waals surface area contributed by atoms with Gasteiger partial charge in [-0.25, -0.2) is 0 Å². The molecule has 2 aliphatic rings. The Bertz CT molecular complexity index is 1370. The molecule has 1 amide bonds. The standard InChI is InChI=1S/C31H29ClN2O/c32-25-13-14-29-28(21-25)31(22-34(29)18-15-23-7-2-1-3-8-23)16-19-33(20-17-31)30(35)27-12-6-10-24-9-4-5-11-26(24)27/h1-14,21H,15-20,22H2. The molecule has 0 saturated carbocycles. The van der Waals surface area contributed by atoms with Gasteiger partial charge in [0, 0.05) is 47.9 Å². The molecule has 4 heteroatoms. The Morgan fingerprint density at radius 1 is 0.857 bits per heavy atom. The van der Waals surface area contributed by atoms with Crippen LogP contribution < -0.4 is 4.90 Å². The number of amides is 1. The summed E-state index contributed by atoms with van der Waals surface area (Å²) in [5, 5.41) is 2.94. The minimum Gasteiger partial charge on any atom is -0.370 e. The van der Waals surface area contributed by atoms with Gasteiger partial charge in [-0.2, -0.15) is 0 Å². The van der Waals surface area contributed by atoms with E-state index < -0.39 is 0 Å². The van der Waals surface area contributed by atoms with Crippen LogP contribution >= 0.6 is 11.6 Å². The fourth-order valence-corrected chi connectivity index (χ4v) is 6.17. The molecular weight excluding hydrogens is 452 g/mol. The van der Waals surface area contributed by atoms with E-state index in [0.29, 0.717) is 0 Å². The van der Waals surface area contributed by atoms with Crippen LogP contribution in [0.5, 0.6) is 0 Å². The number of hydrogen-bond donors (Lipinski definition) is 0. The molecule has 1 saturated heterocycles. The largest absolute Gasteiger partial charge is 0.370 e. The first kappa shape index (κ1) is 22.2. The Balaban J connectivity index is 1.22. The summed E-state index contributed by atoms with van der Waals surface area (Å²) in [7, 11) is 0. The van der Waals surface area contributed by atoms with Gasteiger partial charge in [0.05, 0.1) is 0 Å². The SMILES string of the molecule is O=C(c1cccc2ccccc12)N1CCC2(CC1)CN(CCc1ccccc1)c1ccc(Cl)cc12. The summed E-state index contributed by atoms with van der Waals surface area (Å²) < 4.78 is 0. The predicted octanol–water partition coefficient (Wildman–Crippen LogP) is 6.73. The van der Waals surface area contributed by atoms with E-state index in [0.717, 1.165) is 66.8 Å². The third-order valence-electron chi connectivity index (χ3n) is 7.91. The van der Waals surface area contributed by atoms with Gasteiger partial charge in [-0.3, -0.25) is 4.79 Å². The summed E-state index contributed by atoms with van der Waals surface area (Å²) in [6.45, 7) is 3.51. The molecule has 0 N–H and O–H groups in total. The van der Waals surface area contributed by atoms with Crippen LogP contribution in [0.1, 0.15) is 34.3 Å². The van der Waals surface area contributed by atoms with E-state index in [9.17, 15) is 4.79 Å². The number of benzene rings is 4. The van der Waals surface area contributed by atoms with Crippen LogP contribution in [-0.2, 0) is 11.8 Å². The van der Waals surface area contributed by atoms with Gasteiger partial charge in [-0.15, -0.1) is 0 Å². The Labute approximate surface area is 211 Å². The average molecular weight is 481 g/mol. The molecular formula is C31H29ClN2O. The number of rotatable bonds is 4. The summed E-state index contributed by atoms with van der Waals surface area (Å²) in [5.74, 6) is 0.141. The van der Waals surface area contributed by atoms with Crippen molar-refractivity contribution in [3.63, 3.8) is 0 Å². The van der Waals surface area contributed by atoms with Crippen molar-refractivity contribution in [3.8, 4) is 0 Å². The Hall–Kier alpha value is -3.30. The summed E-state index contributed by atoms with van der Waals surface area (Å²) in [6, 6.07) is 31.2. The van der Waals surface area contributed by atoms with Gasteiger partial charge in [-0.05, 0) is 65.4 Å². The molecule has 4 aromatic rings. The third-order valence-corrected chi connectivity index (χ3v) is 8.14. The lowest BCUT2D eigenvalue weighted by Gasteiger charge is -2.40. The monoisotopic (exact) mass is 480 g/mol. The van der Waals surface area contributed by atoms with Crippen molar-refractivity contribution in [2.45, 2.75) is 24.7 Å². The van der Waals surface area contributed by atoms with Crippen LogP contribution in [0.2, 0.25) is 5.02 Å². The molecule has 1 spiro atoms. The number of nitrogens with zero attached hydrogens (tertiary/aromatic N) is 2. The van der Waals surface area contributed by atoms with E-state index in [-0.39, 0.29) is 11.3 Å². The fraction of sp³-hybridized carbons (Fsp3) is 0.258. The lowest BCUT2D eigenvalue weighted by atomic mass is 9.74. The molecule has 176 valence electrons. The summed E-state index contributed by atoms with van der Waals surface area (Å²) in [4.78, 5) is 18.1. The molecule has 0 aliphatic carbocycles. The van der Waals surface area contributed by atoms with Gasteiger partial charge in [0.25, 0.3) is 5.91 Å². The van der Waals surface area contributed by atoms with Gasteiger partial charge >= 0.3 is 0 Å². The summed E-state index contributed by atoms with van der Waals surface area (Å²) in [6.07, 6.45) is 2.93. The molecule has 1 fully saturated rings. The number of piperidine rings is 1. The van der Waals surface area contributed by atoms with Crippen LogP contribution in [0.25, 0.3) is 10.8 Å². The second-order valence-electron chi connectivity index (χ2n) is 9.92. The zero-order valence-electron chi connectivity index (χ0n) is 19.8. The minimum atomic E-state index is 0.0481. The lowest BCUT2D eigenvalue weighted by Crippen LogP contribution is -2.47. The molecule has 0 bridgehead atoms. The van der Waals surface area contributed by atoms with E-state index >= 15 is 0 Å². The fourth-order valence-electron chi connectivity index (χ4n) is 6.00. The average Bonchev–Trinajstić information content (AvgIpc) is 3.19. The first-order valence-electron chi connectivity index (χ1n) is 12.5. The first-order chi connectivity index (χ1) is 17.1. The molecule has 3 nitrogen and oxygen atoms in total. The van der Waals surface area contributed by atoms with Crippen molar-refractivity contribution in [1.82, 2.24) is 4.90 Å². The van der Waals surface area contributed by atoms with Crippen LogP contribution in [-0.4, -0.2) is 37.0 Å². The molecule has 2 heterocycles. The zero-order valence-corrected chi connectivity index (χ0v) is 20.5. The maximum atomic E-state index is 13.5. The highest BCUT2D eigenvalue weighted by Gasteiger charge is 2.45. The summed E-state index contributed by atoms with van der Waals surface area (Å²) >= 11 is 6.48. The maximum Gasteiger partial charge on any atom is 0.254 e. The van der Waals surface area contributed by atoms with E-state index in [4.69, 9.17) is 11.6 Å². The number of likely N-dealkylation sites (tertiary alicyclic amines) is 1. The number of carbonyl (C=O) groups excluding carboxylic acids is 1. The number of carbonyl (C=O) groups is 1. The lowest BCUT2D eigenvalue weighted by molar-refractivity contribution is 0.0676. The zero-order chi connectivity index (χ0) is 23.8. The van der Waals surface area contributed by atoms with Crippen molar-refractivity contribution in [2.24, 2.45) is 0 Å². The molecule has 6 rings (SSSR count). The number of hydrogen-bond acceptors (Lipinski definition) is 2. The second kappa shape index (κ2) is 9.05. The van der Waals surface area contributed by atoms with Crippen LogP contribution in [0.3, 0.4) is 0 Å². The van der Waals surface area contributed by atoms with Crippen molar-refractivity contribution in [1.29, 1.82) is 0 Å². The molecule has 35 heavy (non-hydrogen) atoms. The Morgan fingerprint density at radius 2 is 1.60 bits per heavy atom. The number of anilines is 1. The van der Waals surface area contributed by atoms with Crippen LogP contribution in [0.15, 0.2) is 91.0 Å². The number of fused-ring (bicyclic) bond motifs is 3. The summed E-state index contributed by atoms with van der Waals surface area (Å²) in [5.41, 5.74) is 4.87. The van der Waals surface area contributed by atoms with Crippen LogP contribution in [0.4, 0.5) is 5.69 Å². The predicted molar refractivity (Wildman–Crippen MR) is 145 cm³/mol. The molecule has 2 aliphatic heterocycles. The normalized spacial score (nSPS) is 16.6. The van der Waals surface area contributed by atoms with Gasteiger partial charge in [0.2, 0.25) is 0 Å². The second-order valence-corrected chi connectivity index (χ2v) is 10.4. The molecule has 0 aromatic heterocycles.